The Morgan fingerprint density at radius 2 is 1.88 bits per heavy atom. The molecule has 0 saturated carbocycles. The summed E-state index contributed by atoms with van der Waals surface area (Å²) in [6.45, 7) is 0. The zero-order valence-electron chi connectivity index (χ0n) is 8.97. The molecule has 0 spiro atoms. The first kappa shape index (κ1) is 12.7. The average molecular weight is 284 g/mol. The van der Waals surface area contributed by atoms with E-state index in [9.17, 15) is 0 Å². The second-order valence-electron chi connectivity index (χ2n) is 3.38. The van der Waals surface area contributed by atoms with Gasteiger partial charge in [-0.25, -0.2) is 0 Å². The average Bonchev–Trinajstić information content (AvgIpc) is 2.56. The van der Waals surface area contributed by atoms with Crippen molar-refractivity contribution in [1.29, 1.82) is 0 Å². The van der Waals surface area contributed by atoms with Gasteiger partial charge < -0.3 is 0 Å². The lowest BCUT2D eigenvalue weighted by Crippen LogP contribution is -1.83. The topological polar surface area (TPSA) is 48.8 Å². The highest BCUT2D eigenvalue weighted by atomic mass is 35.5. The summed E-state index contributed by atoms with van der Waals surface area (Å²) in [6.07, 6.45) is 1.12. The zero-order valence-corrected chi connectivity index (χ0v) is 11.4. The molecule has 2 rings (SSSR count). The van der Waals surface area contributed by atoms with E-state index >= 15 is 0 Å². The molecular weight excluding hydrogens is 274 g/mol. The van der Waals surface area contributed by atoms with Crippen LogP contribution in [0.2, 0.25) is 5.02 Å². The summed E-state index contributed by atoms with van der Waals surface area (Å²) in [6, 6.07) is 7.63. The van der Waals surface area contributed by atoms with Crippen LogP contribution in [-0.4, -0.2) is 11.5 Å². The lowest BCUT2D eigenvalue weighted by molar-refractivity contribution is 1.13. The van der Waals surface area contributed by atoms with Gasteiger partial charge in [-0.3, -0.25) is 0 Å². The summed E-state index contributed by atoms with van der Waals surface area (Å²) in [5.74, 6) is 2.05. The first-order valence-corrected chi connectivity index (χ1v) is 7.47. The van der Waals surface area contributed by atoms with Gasteiger partial charge in [0.2, 0.25) is 0 Å². The number of nitrogens with zero attached hydrogens (tertiary/aromatic N) is 3. The number of halogens is 1. The van der Waals surface area contributed by atoms with Crippen molar-refractivity contribution in [2.24, 2.45) is 5.11 Å². The highest BCUT2D eigenvalue weighted by molar-refractivity contribution is 8.11. The zero-order chi connectivity index (χ0) is 12.1. The molecular formula is C11H10ClN3S2. The maximum absolute atomic E-state index is 8.60. The number of azide groups is 1. The van der Waals surface area contributed by atoms with Crippen molar-refractivity contribution < 1.29 is 0 Å². The van der Waals surface area contributed by atoms with Crippen LogP contribution in [0.4, 0.5) is 0 Å². The fourth-order valence-electron chi connectivity index (χ4n) is 1.45. The molecule has 0 fully saturated rings. The van der Waals surface area contributed by atoms with Crippen molar-refractivity contribution in [2.45, 2.75) is 6.42 Å². The predicted octanol–water partition coefficient (Wildman–Crippen LogP) is 5.15. The lowest BCUT2D eigenvalue weighted by atomic mass is 10.2. The number of rotatable bonds is 2. The highest BCUT2D eigenvalue weighted by Gasteiger charge is 2.13. The highest BCUT2D eigenvalue weighted by Crippen LogP contribution is 2.40. The van der Waals surface area contributed by atoms with E-state index in [1.807, 2.05) is 24.3 Å². The maximum atomic E-state index is 8.60. The summed E-state index contributed by atoms with van der Waals surface area (Å²) < 4.78 is 0. The molecule has 1 aliphatic rings. The van der Waals surface area contributed by atoms with E-state index in [2.05, 4.69) is 10.0 Å². The van der Waals surface area contributed by atoms with E-state index in [0.29, 0.717) is 5.02 Å². The van der Waals surface area contributed by atoms with Crippen LogP contribution >= 0.6 is 35.1 Å². The van der Waals surface area contributed by atoms with Crippen LogP contribution in [0, 0.1) is 0 Å². The second-order valence-corrected chi connectivity index (χ2v) is 6.01. The van der Waals surface area contributed by atoms with Crippen LogP contribution in [0.3, 0.4) is 0 Å². The Hall–Kier alpha value is -0.740. The minimum absolute atomic E-state index is 0.714. The van der Waals surface area contributed by atoms with Gasteiger partial charge in [-0.1, -0.05) is 28.8 Å². The van der Waals surface area contributed by atoms with Crippen molar-refractivity contribution >= 4 is 40.0 Å². The van der Waals surface area contributed by atoms with Gasteiger partial charge in [-0.15, -0.1) is 23.5 Å². The number of hydrogen-bond donors (Lipinski definition) is 0. The third-order valence-electron chi connectivity index (χ3n) is 2.21. The summed E-state index contributed by atoms with van der Waals surface area (Å²) in [5.41, 5.74) is 9.67. The van der Waals surface area contributed by atoms with Gasteiger partial charge in [0.15, 0.2) is 0 Å². The fourth-order valence-corrected chi connectivity index (χ4v) is 3.90. The van der Waals surface area contributed by atoms with Crippen molar-refractivity contribution in [3.8, 4) is 0 Å². The molecule has 6 heteroatoms. The molecule has 1 aromatic rings. The number of hydrogen-bond acceptors (Lipinski definition) is 3. The van der Waals surface area contributed by atoms with Crippen LogP contribution in [-0.2, 0) is 0 Å². The Morgan fingerprint density at radius 1 is 1.18 bits per heavy atom. The Balaban J connectivity index is 2.42. The summed E-state index contributed by atoms with van der Waals surface area (Å²) in [5, 5.41) is 5.28. The van der Waals surface area contributed by atoms with E-state index in [4.69, 9.17) is 17.1 Å². The normalized spacial score (nSPS) is 16.3. The monoisotopic (exact) mass is 283 g/mol. The largest absolute Gasteiger partial charge is 0.124 e. The maximum Gasteiger partial charge on any atom is 0.0847 e. The van der Waals surface area contributed by atoms with Gasteiger partial charge in [0.05, 0.1) is 5.03 Å². The third kappa shape index (κ3) is 3.36. The van der Waals surface area contributed by atoms with Crippen molar-refractivity contribution in [3.63, 3.8) is 0 Å². The van der Waals surface area contributed by atoms with Crippen molar-refractivity contribution in [3.05, 3.63) is 50.3 Å². The molecule has 1 aromatic carbocycles. The van der Waals surface area contributed by atoms with Crippen molar-refractivity contribution in [1.82, 2.24) is 0 Å². The molecule has 0 aliphatic carbocycles. The van der Waals surface area contributed by atoms with Crippen LogP contribution in [0.1, 0.15) is 12.0 Å². The fraction of sp³-hybridized carbons (Fsp3) is 0.273. The number of benzene rings is 1. The van der Waals surface area contributed by atoms with E-state index in [-0.39, 0.29) is 0 Å². The minimum Gasteiger partial charge on any atom is -0.124 e. The standard InChI is InChI=1S/C11H10ClN3S2/c12-9-4-2-8(3-5-9)10-11(14-15-13)17-7-1-6-16-10/h2-5H,1,6-7H2. The molecule has 0 N–H and O–H groups in total. The molecule has 3 nitrogen and oxygen atoms in total. The Morgan fingerprint density at radius 3 is 2.59 bits per heavy atom. The summed E-state index contributed by atoms with van der Waals surface area (Å²) >= 11 is 9.23. The summed E-state index contributed by atoms with van der Waals surface area (Å²) in [4.78, 5) is 3.96. The van der Waals surface area contributed by atoms with Gasteiger partial charge in [0, 0.05) is 14.8 Å². The molecule has 0 unspecified atom stereocenters. The van der Waals surface area contributed by atoms with E-state index in [1.165, 1.54) is 0 Å². The van der Waals surface area contributed by atoms with Crippen molar-refractivity contribution in [2.75, 3.05) is 11.5 Å². The van der Waals surface area contributed by atoms with Crippen LogP contribution in [0.5, 0.6) is 0 Å². The van der Waals surface area contributed by atoms with E-state index in [0.717, 1.165) is 33.4 Å². The first-order valence-electron chi connectivity index (χ1n) is 5.12. The third-order valence-corrected chi connectivity index (χ3v) is 4.85. The Kier molecular flexibility index (Phi) is 4.68. The number of thioether (sulfide) groups is 2. The second kappa shape index (κ2) is 6.26. The first-order chi connectivity index (χ1) is 8.31. The quantitative estimate of drug-likeness (QED) is 0.428. The molecule has 0 saturated heterocycles. The van der Waals surface area contributed by atoms with E-state index < -0.39 is 0 Å². The molecule has 17 heavy (non-hydrogen) atoms. The van der Waals surface area contributed by atoms with Gasteiger partial charge in [0.25, 0.3) is 0 Å². The molecule has 0 atom stereocenters. The van der Waals surface area contributed by atoms with Crippen LogP contribution < -0.4 is 0 Å². The molecule has 1 heterocycles. The minimum atomic E-state index is 0.714. The van der Waals surface area contributed by atoms with E-state index in [1.54, 1.807) is 23.5 Å². The Labute approximate surface area is 113 Å². The molecule has 0 amide bonds. The molecule has 0 bridgehead atoms. The van der Waals surface area contributed by atoms with Gasteiger partial charge >= 0.3 is 0 Å². The lowest BCUT2D eigenvalue weighted by Gasteiger charge is -2.07. The molecule has 0 aromatic heterocycles. The SMILES string of the molecule is [N-]=[N+]=NC1=C(c2ccc(Cl)cc2)SCCCS1. The van der Waals surface area contributed by atoms with Crippen LogP contribution in [0.25, 0.3) is 15.3 Å². The van der Waals surface area contributed by atoms with Crippen LogP contribution in [0.15, 0.2) is 34.4 Å². The summed E-state index contributed by atoms with van der Waals surface area (Å²) in [7, 11) is 0. The van der Waals surface area contributed by atoms with Gasteiger partial charge in [-0.05, 0) is 41.2 Å². The van der Waals surface area contributed by atoms with Gasteiger partial charge in [-0.2, -0.15) is 0 Å². The molecule has 1 aliphatic heterocycles. The predicted molar refractivity (Wildman–Crippen MR) is 77.1 cm³/mol. The smallest absolute Gasteiger partial charge is 0.0847 e. The Bertz CT molecular complexity index is 478. The van der Waals surface area contributed by atoms with Gasteiger partial charge in [0.1, 0.15) is 0 Å². The molecule has 88 valence electrons. The molecule has 0 radical (unpaired) electrons.